The highest BCUT2D eigenvalue weighted by Crippen LogP contribution is 2.25. The van der Waals surface area contributed by atoms with Gasteiger partial charge >= 0.3 is 0 Å². The SMILES string of the molecule is O=C(c1ccnc(C2CCNCC2)c1)N1CCC[C@@H](CO)C1. The lowest BCUT2D eigenvalue weighted by Gasteiger charge is -2.32. The van der Waals surface area contributed by atoms with Gasteiger partial charge < -0.3 is 15.3 Å². The van der Waals surface area contributed by atoms with Crippen molar-refractivity contribution in [1.82, 2.24) is 15.2 Å². The Morgan fingerprint density at radius 1 is 1.36 bits per heavy atom. The molecule has 0 aliphatic carbocycles. The van der Waals surface area contributed by atoms with Crippen LogP contribution >= 0.6 is 0 Å². The lowest BCUT2D eigenvalue weighted by atomic mass is 9.93. The van der Waals surface area contributed by atoms with Crippen LogP contribution in [-0.2, 0) is 0 Å². The summed E-state index contributed by atoms with van der Waals surface area (Å²) in [6.07, 6.45) is 5.92. The van der Waals surface area contributed by atoms with Gasteiger partial charge in [-0.25, -0.2) is 0 Å². The molecule has 0 radical (unpaired) electrons. The van der Waals surface area contributed by atoms with Crippen molar-refractivity contribution in [3.05, 3.63) is 29.6 Å². The van der Waals surface area contributed by atoms with Crippen molar-refractivity contribution in [2.24, 2.45) is 5.92 Å². The maximum Gasteiger partial charge on any atom is 0.253 e. The number of amides is 1. The highest BCUT2D eigenvalue weighted by molar-refractivity contribution is 5.94. The van der Waals surface area contributed by atoms with Crippen LogP contribution in [0.1, 0.15) is 47.7 Å². The van der Waals surface area contributed by atoms with Crippen molar-refractivity contribution in [1.29, 1.82) is 0 Å². The van der Waals surface area contributed by atoms with Crippen LogP contribution in [0.5, 0.6) is 0 Å². The van der Waals surface area contributed by atoms with Crippen LogP contribution in [0.3, 0.4) is 0 Å². The average molecular weight is 303 g/mol. The fourth-order valence-electron chi connectivity index (χ4n) is 3.50. The maximum atomic E-state index is 12.7. The number of pyridine rings is 1. The number of nitrogens with one attached hydrogen (secondary N) is 1. The van der Waals surface area contributed by atoms with Crippen molar-refractivity contribution in [3.63, 3.8) is 0 Å². The molecule has 0 aromatic carbocycles. The summed E-state index contributed by atoms with van der Waals surface area (Å²) < 4.78 is 0. The third-order valence-electron chi connectivity index (χ3n) is 4.85. The van der Waals surface area contributed by atoms with E-state index in [0.717, 1.165) is 56.6 Å². The predicted octanol–water partition coefficient (Wildman–Crippen LogP) is 1.39. The van der Waals surface area contributed by atoms with E-state index in [4.69, 9.17) is 0 Å². The summed E-state index contributed by atoms with van der Waals surface area (Å²) in [7, 11) is 0. The Kier molecular flexibility index (Phi) is 5.05. The Bertz CT molecular complexity index is 514. The topological polar surface area (TPSA) is 65.5 Å². The highest BCUT2D eigenvalue weighted by Gasteiger charge is 2.25. The van der Waals surface area contributed by atoms with Crippen molar-refractivity contribution < 1.29 is 9.90 Å². The molecule has 3 heterocycles. The second-order valence-electron chi connectivity index (χ2n) is 6.44. The van der Waals surface area contributed by atoms with Crippen molar-refractivity contribution in [3.8, 4) is 0 Å². The molecule has 5 nitrogen and oxygen atoms in total. The third kappa shape index (κ3) is 3.47. The first kappa shape index (κ1) is 15.4. The maximum absolute atomic E-state index is 12.7. The van der Waals surface area contributed by atoms with Crippen molar-refractivity contribution in [2.75, 3.05) is 32.8 Å². The van der Waals surface area contributed by atoms with Crippen molar-refractivity contribution in [2.45, 2.75) is 31.6 Å². The first-order valence-corrected chi connectivity index (χ1v) is 8.34. The lowest BCUT2D eigenvalue weighted by Crippen LogP contribution is -2.41. The van der Waals surface area contributed by atoms with E-state index >= 15 is 0 Å². The smallest absolute Gasteiger partial charge is 0.253 e. The summed E-state index contributed by atoms with van der Waals surface area (Å²) in [6.45, 7) is 3.67. The van der Waals surface area contributed by atoms with Gasteiger partial charge in [0.15, 0.2) is 0 Å². The number of aliphatic hydroxyl groups excluding tert-OH is 1. The molecule has 1 aromatic heterocycles. The quantitative estimate of drug-likeness (QED) is 0.886. The van der Waals surface area contributed by atoms with Gasteiger partial charge in [0, 0.05) is 43.1 Å². The summed E-state index contributed by atoms with van der Waals surface area (Å²) in [5.74, 6) is 0.764. The normalized spacial score (nSPS) is 23.5. The number of aromatic nitrogens is 1. The number of piperidine rings is 2. The van der Waals surface area contributed by atoms with E-state index in [1.54, 1.807) is 6.20 Å². The average Bonchev–Trinajstić information content (AvgIpc) is 2.62. The van der Waals surface area contributed by atoms with Gasteiger partial charge in [-0.1, -0.05) is 0 Å². The summed E-state index contributed by atoms with van der Waals surface area (Å²) in [6, 6.07) is 3.79. The Morgan fingerprint density at radius 2 is 2.18 bits per heavy atom. The third-order valence-corrected chi connectivity index (χ3v) is 4.85. The van der Waals surface area contributed by atoms with Gasteiger partial charge in [-0.05, 0) is 56.8 Å². The molecule has 2 aliphatic rings. The van der Waals surface area contributed by atoms with Gasteiger partial charge in [-0.15, -0.1) is 0 Å². The molecule has 22 heavy (non-hydrogen) atoms. The molecule has 120 valence electrons. The zero-order valence-corrected chi connectivity index (χ0v) is 13.0. The zero-order chi connectivity index (χ0) is 15.4. The molecular weight excluding hydrogens is 278 g/mol. The van der Waals surface area contributed by atoms with E-state index in [1.165, 1.54) is 0 Å². The van der Waals surface area contributed by atoms with E-state index < -0.39 is 0 Å². The minimum atomic E-state index is 0.0794. The minimum absolute atomic E-state index is 0.0794. The first-order valence-electron chi connectivity index (χ1n) is 8.34. The Balaban J connectivity index is 1.72. The standard InChI is InChI=1S/C17H25N3O2/c21-12-13-2-1-9-20(11-13)17(22)15-5-8-19-16(10-15)14-3-6-18-7-4-14/h5,8,10,13-14,18,21H,1-4,6-7,9,11-12H2/t13-/m1/s1. The van der Waals surface area contributed by atoms with E-state index in [-0.39, 0.29) is 18.4 Å². The van der Waals surface area contributed by atoms with E-state index in [1.807, 2.05) is 17.0 Å². The van der Waals surface area contributed by atoms with E-state index in [0.29, 0.717) is 12.5 Å². The van der Waals surface area contributed by atoms with Gasteiger partial charge in [0.1, 0.15) is 0 Å². The molecule has 0 spiro atoms. The van der Waals surface area contributed by atoms with Gasteiger partial charge in [-0.2, -0.15) is 0 Å². The molecule has 0 unspecified atom stereocenters. The number of rotatable bonds is 3. The van der Waals surface area contributed by atoms with Crippen LogP contribution in [0.2, 0.25) is 0 Å². The Morgan fingerprint density at radius 3 is 2.95 bits per heavy atom. The van der Waals surface area contributed by atoms with E-state index in [9.17, 15) is 9.90 Å². The number of hydrogen-bond acceptors (Lipinski definition) is 4. The largest absolute Gasteiger partial charge is 0.396 e. The van der Waals surface area contributed by atoms with Gasteiger partial charge in [0.25, 0.3) is 5.91 Å². The fourth-order valence-corrected chi connectivity index (χ4v) is 3.50. The van der Waals surface area contributed by atoms with Gasteiger partial charge in [0.2, 0.25) is 0 Å². The van der Waals surface area contributed by atoms with Crippen LogP contribution in [-0.4, -0.2) is 53.7 Å². The minimum Gasteiger partial charge on any atom is -0.396 e. The van der Waals surface area contributed by atoms with Crippen molar-refractivity contribution >= 4 is 5.91 Å². The molecule has 2 N–H and O–H groups in total. The summed E-state index contributed by atoms with van der Waals surface area (Å²) in [4.78, 5) is 19.1. The summed E-state index contributed by atoms with van der Waals surface area (Å²) in [5, 5.41) is 12.7. The Labute approximate surface area is 131 Å². The van der Waals surface area contributed by atoms with E-state index in [2.05, 4.69) is 10.3 Å². The van der Waals surface area contributed by atoms with Crippen LogP contribution < -0.4 is 5.32 Å². The fraction of sp³-hybridized carbons (Fsp3) is 0.647. The molecule has 1 amide bonds. The number of nitrogens with zero attached hydrogens (tertiary/aromatic N) is 2. The number of carbonyl (C=O) groups is 1. The number of carbonyl (C=O) groups excluding carboxylic acids is 1. The Hall–Kier alpha value is -1.46. The van der Waals surface area contributed by atoms with Crippen LogP contribution in [0, 0.1) is 5.92 Å². The molecule has 2 aliphatic heterocycles. The monoisotopic (exact) mass is 303 g/mol. The lowest BCUT2D eigenvalue weighted by molar-refractivity contribution is 0.0620. The second kappa shape index (κ2) is 7.20. The molecule has 0 bridgehead atoms. The highest BCUT2D eigenvalue weighted by atomic mass is 16.3. The first-order chi connectivity index (χ1) is 10.8. The summed E-state index contributed by atoms with van der Waals surface area (Å²) in [5.41, 5.74) is 1.78. The van der Waals surface area contributed by atoms with Crippen LogP contribution in [0.15, 0.2) is 18.3 Å². The summed E-state index contributed by atoms with van der Waals surface area (Å²) >= 11 is 0. The molecule has 3 rings (SSSR count). The molecule has 2 fully saturated rings. The predicted molar refractivity (Wildman–Crippen MR) is 84.8 cm³/mol. The van der Waals surface area contributed by atoms with Crippen LogP contribution in [0.25, 0.3) is 0 Å². The number of likely N-dealkylation sites (tertiary alicyclic amines) is 1. The van der Waals surface area contributed by atoms with Gasteiger partial charge in [-0.3, -0.25) is 9.78 Å². The molecule has 1 aromatic rings. The van der Waals surface area contributed by atoms with Gasteiger partial charge in [0.05, 0.1) is 0 Å². The second-order valence-corrected chi connectivity index (χ2v) is 6.44. The molecule has 5 heteroatoms. The molecule has 1 atom stereocenters. The zero-order valence-electron chi connectivity index (χ0n) is 13.0. The molecule has 0 saturated carbocycles. The number of aliphatic hydroxyl groups is 1. The molecular formula is C17H25N3O2. The molecule has 2 saturated heterocycles. The van der Waals surface area contributed by atoms with Crippen LogP contribution in [0.4, 0.5) is 0 Å². The number of hydrogen-bond donors (Lipinski definition) is 2.